The molecule has 0 aliphatic rings. The Morgan fingerprint density at radius 2 is 1.62 bits per heavy atom. The second-order valence-corrected chi connectivity index (χ2v) is 7.34. The van der Waals surface area contributed by atoms with Crippen LogP contribution in [-0.2, 0) is 16.1 Å². The minimum absolute atomic E-state index is 0.0246. The van der Waals surface area contributed by atoms with Gasteiger partial charge in [-0.1, -0.05) is 48.5 Å². The van der Waals surface area contributed by atoms with Gasteiger partial charge in [0.05, 0.1) is 5.75 Å². The van der Waals surface area contributed by atoms with Gasteiger partial charge in [-0.25, -0.2) is 0 Å². The van der Waals surface area contributed by atoms with E-state index in [1.807, 2.05) is 62.4 Å². The summed E-state index contributed by atoms with van der Waals surface area (Å²) in [6.07, 6.45) is 1.22. The number of rotatable bonds is 9. The molecule has 2 N–H and O–H groups in total. The van der Waals surface area contributed by atoms with E-state index < -0.39 is 0 Å². The molecule has 0 saturated carbocycles. The fourth-order valence-electron chi connectivity index (χ4n) is 2.56. The molecule has 0 aromatic heterocycles. The van der Waals surface area contributed by atoms with Crippen molar-refractivity contribution in [1.29, 1.82) is 0 Å². The molecule has 26 heavy (non-hydrogen) atoms. The molecule has 0 fully saturated rings. The van der Waals surface area contributed by atoms with Crippen molar-refractivity contribution in [3.63, 3.8) is 0 Å². The molecule has 138 valence electrons. The number of nitrogens with one attached hydrogen (secondary N) is 2. The smallest absolute Gasteiger partial charge is 0.230 e. The van der Waals surface area contributed by atoms with Gasteiger partial charge >= 0.3 is 0 Å². The molecule has 2 amide bonds. The molecule has 0 heterocycles. The Labute approximate surface area is 159 Å². The van der Waals surface area contributed by atoms with Gasteiger partial charge in [-0.15, -0.1) is 0 Å². The fourth-order valence-corrected chi connectivity index (χ4v) is 3.34. The Balaban J connectivity index is 1.58. The van der Waals surface area contributed by atoms with Crippen molar-refractivity contribution in [2.75, 3.05) is 16.8 Å². The van der Waals surface area contributed by atoms with E-state index in [-0.39, 0.29) is 11.8 Å². The molecular formula is C21H26N2O2S. The molecule has 0 radical (unpaired) electrons. The summed E-state index contributed by atoms with van der Waals surface area (Å²) in [6, 6.07) is 15.8. The number of aryl methyl sites for hydroxylation is 2. The Morgan fingerprint density at radius 3 is 2.31 bits per heavy atom. The molecule has 0 unspecified atom stereocenters. The van der Waals surface area contributed by atoms with Crippen molar-refractivity contribution in [1.82, 2.24) is 5.32 Å². The first-order valence-electron chi connectivity index (χ1n) is 8.80. The molecular weight excluding hydrogens is 344 g/mol. The molecule has 2 aromatic carbocycles. The van der Waals surface area contributed by atoms with Crippen LogP contribution < -0.4 is 10.6 Å². The van der Waals surface area contributed by atoms with Crippen LogP contribution in [0.1, 0.15) is 29.5 Å². The van der Waals surface area contributed by atoms with Crippen molar-refractivity contribution in [3.05, 3.63) is 65.2 Å². The van der Waals surface area contributed by atoms with Crippen LogP contribution >= 0.6 is 11.8 Å². The largest absolute Gasteiger partial charge is 0.351 e. The summed E-state index contributed by atoms with van der Waals surface area (Å²) < 4.78 is 0. The third-order valence-corrected chi connectivity index (χ3v) is 5.05. The maximum atomic E-state index is 12.1. The van der Waals surface area contributed by atoms with E-state index in [1.165, 1.54) is 0 Å². The van der Waals surface area contributed by atoms with Crippen molar-refractivity contribution < 1.29 is 9.59 Å². The highest BCUT2D eigenvalue weighted by Crippen LogP contribution is 2.19. The standard InChI is InChI=1S/C21H26N2O2S/c1-16-8-6-9-17(2)21(16)23-19(24)12-7-13-26-15-20(25)22-14-18-10-4-3-5-11-18/h3-6,8-11H,7,12-15H2,1-2H3,(H,22,25)(H,23,24). The van der Waals surface area contributed by atoms with E-state index in [4.69, 9.17) is 0 Å². The van der Waals surface area contributed by atoms with Crippen molar-refractivity contribution >= 4 is 29.3 Å². The minimum Gasteiger partial charge on any atom is -0.351 e. The number of thioether (sulfide) groups is 1. The summed E-state index contributed by atoms with van der Waals surface area (Å²) in [6.45, 7) is 4.54. The third-order valence-electron chi connectivity index (χ3n) is 4.00. The summed E-state index contributed by atoms with van der Waals surface area (Å²) in [7, 11) is 0. The van der Waals surface area contributed by atoms with E-state index in [1.54, 1.807) is 11.8 Å². The first-order chi connectivity index (χ1) is 12.6. The van der Waals surface area contributed by atoms with Crippen molar-refractivity contribution in [2.24, 2.45) is 0 Å². The highest BCUT2D eigenvalue weighted by Gasteiger charge is 2.07. The molecule has 2 aromatic rings. The number of anilines is 1. The third kappa shape index (κ3) is 6.92. The van der Waals surface area contributed by atoms with Gasteiger partial charge in [0.1, 0.15) is 0 Å². The molecule has 0 aliphatic heterocycles. The summed E-state index contributed by atoms with van der Waals surface area (Å²) >= 11 is 1.56. The van der Waals surface area contributed by atoms with Crippen LogP contribution in [0.2, 0.25) is 0 Å². The van der Waals surface area contributed by atoms with E-state index >= 15 is 0 Å². The Hall–Kier alpha value is -2.27. The lowest BCUT2D eigenvalue weighted by Gasteiger charge is -2.11. The summed E-state index contributed by atoms with van der Waals surface area (Å²) in [4.78, 5) is 23.9. The molecule has 0 aliphatic carbocycles. The summed E-state index contributed by atoms with van der Waals surface area (Å²) in [5.41, 5.74) is 4.14. The topological polar surface area (TPSA) is 58.2 Å². The number of carbonyl (C=O) groups is 2. The lowest BCUT2D eigenvalue weighted by atomic mass is 10.1. The van der Waals surface area contributed by atoms with Gasteiger partial charge in [-0.2, -0.15) is 11.8 Å². The predicted molar refractivity (Wildman–Crippen MR) is 109 cm³/mol. The maximum Gasteiger partial charge on any atom is 0.230 e. The number of amides is 2. The number of carbonyl (C=O) groups excluding carboxylic acids is 2. The Kier molecular flexibility index (Phi) is 8.22. The van der Waals surface area contributed by atoms with Gasteiger partial charge in [0, 0.05) is 18.7 Å². The lowest BCUT2D eigenvalue weighted by Crippen LogP contribution is -2.24. The Bertz CT molecular complexity index is 712. The van der Waals surface area contributed by atoms with Crippen LogP contribution in [0, 0.1) is 13.8 Å². The quantitative estimate of drug-likeness (QED) is 0.654. The lowest BCUT2D eigenvalue weighted by molar-refractivity contribution is -0.118. The van der Waals surface area contributed by atoms with Crippen LogP contribution in [0.5, 0.6) is 0 Å². The van der Waals surface area contributed by atoms with Gasteiger partial charge in [0.2, 0.25) is 11.8 Å². The SMILES string of the molecule is Cc1cccc(C)c1NC(=O)CCCSCC(=O)NCc1ccccc1. The van der Waals surface area contributed by atoms with E-state index in [2.05, 4.69) is 10.6 Å². The van der Waals surface area contributed by atoms with Gasteiger partial charge < -0.3 is 10.6 Å². The normalized spacial score (nSPS) is 10.4. The molecule has 0 bridgehead atoms. The molecule has 5 heteroatoms. The van der Waals surface area contributed by atoms with Gasteiger partial charge in [0.25, 0.3) is 0 Å². The number of para-hydroxylation sites is 1. The fraction of sp³-hybridized carbons (Fsp3) is 0.333. The zero-order chi connectivity index (χ0) is 18.8. The van der Waals surface area contributed by atoms with E-state index in [9.17, 15) is 9.59 Å². The van der Waals surface area contributed by atoms with E-state index in [0.717, 1.165) is 34.6 Å². The van der Waals surface area contributed by atoms with Gasteiger partial charge in [-0.05, 0) is 42.7 Å². The number of benzene rings is 2. The average Bonchev–Trinajstić information content (AvgIpc) is 2.64. The molecule has 2 rings (SSSR count). The summed E-state index contributed by atoms with van der Waals surface area (Å²) in [5.74, 6) is 1.26. The van der Waals surface area contributed by atoms with Crippen LogP contribution in [0.4, 0.5) is 5.69 Å². The molecule has 0 atom stereocenters. The monoisotopic (exact) mass is 370 g/mol. The van der Waals surface area contributed by atoms with Crippen molar-refractivity contribution in [2.45, 2.75) is 33.2 Å². The first kappa shape index (κ1) is 20.0. The first-order valence-corrected chi connectivity index (χ1v) is 9.96. The average molecular weight is 371 g/mol. The van der Waals surface area contributed by atoms with Crippen LogP contribution in [0.15, 0.2) is 48.5 Å². The van der Waals surface area contributed by atoms with Crippen molar-refractivity contribution in [3.8, 4) is 0 Å². The van der Waals surface area contributed by atoms with E-state index in [0.29, 0.717) is 18.7 Å². The van der Waals surface area contributed by atoms with Gasteiger partial charge in [-0.3, -0.25) is 9.59 Å². The Morgan fingerprint density at radius 1 is 0.923 bits per heavy atom. The maximum absolute atomic E-state index is 12.1. The van der Waals surface area contributed by atoms with Crippen LogP contribution in [-0.4, -0.2) is 23.3 Å². The molecule has 0 spiro atoms. The minimum atomic E-state index is 0.0246. The van der Waals surface area contributed by atoms with Crippen LogP contribution in [0.3, 0.4) is 0 Å². The molecule has 0 saturated heterocycles. The highest BCUT2D eigenvalue weighted by molar-refractivity contribution is 7.99. The highest BCUT2D eigenvalue weighted by atomic mass is 32.2. The van der Waals surface area contributed by atoms with Crippen LogP contribution in [0.25, 0.3) is 0 Å². The predicted octanol–water partition coefficient (Wildman–Crippen LogP) is 4.07. The zero-order valence-electron chi connectivity index (χ0n) is 15.4. The second-order valence-electron chi connectivity index (χ2n) is 6.23. The van der Waals surface area contributed by atoms with Gasteiger partial charge in [0.15, 0.2) is 0 Å². The molecule has 4 nitrogen and oxygen atoms in total. The number of hydrogen-bond acceptors (Lipinski definition) is 3. The second kappa shape index (κ2) is 10.7. The zero-order valence-corrected chi connectivity index (χ0v) is 16.2. The summed E-state index contributed by atoms with van der Waals surface area (Å²) in [5, 5.41) is 5.89. The number of hydrogen-bond donors (Lipinski definition) is 2.